The van der Waals surface area contributed by atoms with Crippen molar-refractivity contribution >= 4 is 16.8 Å². The fourth-order valence-electron chi connectivity index (χ4n) is 3.85. The lowest BCUT2D eigenvalue weighted by molar-refractivity contribution is 0.0763. The van der Waals surface area contributed by atoms with Crippen molar-refractivity contribution in [3.05, 3.63) is 47.3 Å². The van der Waals surface area contributed by atoms with E-state index < -0.39 is 0 Å². The minimum atomic E-state index is 0.123. The zero-order valence-corrected chi connectivity index (χ0v) is 16.3. The second kappa shape index (κ2) is 7.14. The monoisotopic (exact) mass is 362 g/mol. The van der Waals surface area contributed by atoms with Crippen LogP contribution >= 0.6 is 0 Å². The predicted octanol–water partition coefficient (Wildman–Crippen LogP) is 4.27. The summed E-state index contributed by atoms with van der Waals surface area (Å²) in [5.74, 6) is 0.123. The maximum atomic E-state index is 13.4. The van der Waals surface area contributed by atoms with Gasteiger partial charge in [0.05, 0.1) is 23.0 Å². The molecule has 0 spiro atoms. The van der Waals surface area contributed by atoms with Gasteiger partial charge in [-0.05, 0) is 43.9 Å². The fraction of sp³-hybridized carbons (Fsp3) is 0.409. The van der Waals surface area contributed by atoms with Crippen molar-refractivity contribution in [1.29, 1.82) is 0 Å². The first-order chi connectivity index (χ1) is 13.0. The number of aryl methyl sites for hydroxylation is 3. The van der Waals surface area contributed by atoms with E-state index in [-0.39, 0.29) is 5.91 Å². The lowest BCUT2D eigenvalue weighted by Gasteiger charge is -2.22. The van der Waals surface area contributed by atoms with E-state index in [1.54, 1.807) is 10.9 Å². The minimum absolute atomic E-state index is 0.123. The van der Waals surface area contributed by atoms with E-state index >= 15 is 0 Å². The van der Waals surface area contributed by atoms with E-state index in [9.17, 15) is 4.79 Å². The van der Waals surface area contributed by atoms with Gasteiger partial charge in [-0.15, -0.1) is 0 Å². The summed E-state index contributed by atoms with van der Waals surface area (Å²) >= 11 is 0. The van der Waals surface area contributed by atoms with E-state index in [2.05, 4.69) is 25.0 Å². The summed E-state index contributed by atoms with van der Waals surface area (Å²) in [5.41, 5.74) is 5.72. The molecule has 0 atom stereocenters. The number of hydrogen-bond acceptors (Lipinski definition) is 3. The third kappa shape index (κ3) is 3.34. The number of amides is 1. The zero-order valence-electron chi connectivity index (χ0n) is 16.3. The smallest absolute Gasteiger partial charge is 0.254 e. The summed E-state index contributed by atoms with van der Waals surface area (Å²) in [6.07, 6.45) is 8.34. The van der Waals surface area contributed by atoms with Gasteiger partial charge in [-0.1, -0.05) is 25.0 Å². The Morgan fingerprint density at radius 3 is 2.48 bits per heavy atom. The van der Waals surface area contributed by atoms with Gasteiger partial charge in [-0.25, -0.2) is 4.98 Å². The van der Waals surface area contributed by atoms with Crippen LogP contribution in [0.3, 0.4) is 0 Å². The van der Waals surface area contributed by atoms with Gasteiger partial charge in [-0.2, -0.15) is 5.10 Å². The van der Waals surface area contributed by atoms with Crippen LogP contribution in [-0.4, -0.2) is 38.7 Å². The molecular weight excluding hydrogens is 336 g/mol. The molecule has 4 rings (SSSR count). The first-order valence-electron chi connectivity index (χ1n) is 9.74. The van der Waals surface area contributed by atoms with Gasteiger partial charge < -0.3 is 4.90 Å². The number of pyridine rings is 1. The molecular formula is C22H26N4O. The molecule has 0 radical (unpaired) electrons. The largest absolute Gasteiger partial charge is 0.339 e. The Bertz CT molecular complexity index is 997. The standard InChI is InChI=1S/C22H26N4O/c1-15-8-9-18-19(22(27)26-10-6-4-5-7-11-26)12-20(24-21(18)16(15)2)17-13-23-25(3)14-17/h8-9,12-14H,4-7,10-11H2,1-3H3. The second-order valence-corrected chi connectivity index (χ2v) is 7.57. The molecule has 0 N–H and O–H groups in total. The number of benzene rings is 1. The number of carbonyl (C=O) groups excluding carboxylic acids is 1. The lowest BCUT2D eigenvalue weighted by atomic mass is 9.99. The van der Waals surface area contributed by atoms with Crippen LogP contribution in [0, 0.1) is 13.8 Å². The summed E-state index contributed by atoms with van der Waals surface area (Å²) in [6.45, 7) is 5.85. The maximum absolute atomic E-state index is 13.4. The van der Waals surface area contributed by atoms with Gasteiger partial charge in [0, 0.05) is 37.3 Å². The highest BCUT2D eigenvalue weighted by Crippen LogP contribution is 2.29. The van der Waals surface area contributed by atoms with Crippen molar-refractivity contribution in [2.45, 2.75) is 39.5 Å². The van der Waals surface area contributed by atoms with E-state index in [4.69, 9.17) is 4.98 Å². The molecule has 1 aromatic carbocycles. The molecule has 140 valence electrons. The highest BCUT2D eigenvalue weighted by Gasteiger charge is 2.22. The zero-order chi connectivity index (χ0) is 19.0. The van der Waals surface area contributed by atoms with Crippen LogP contribution in [0.15, 0.2) is 30.6 Å². The number of aromatic nitrogens is 3. The molecule has 3 heterocycles. The van der Waals surface area contributed by atoms with Crippen LogP contribution in [0.4, 0.5) is 0 Å². The third-order valence-corrected chi connectivity index (χ3v) is 5.63. The molecule has 1 fully saturated rings. The molecule has 0 aliphatic carbocycles. The normalized spacial score (nSPS) is 15.1. The first kappa shape index (κ1) is 17.7. The lowest BCUT2D eigenvalue weighted by Crippen LogP contribution is -2.32. The molecule has 27 heavy (non-hydrogen) atoms. The van der Waals surface area contributed by atoms with E-state index in [1.807, 2.05) is 30.3 Å². The highest BCUT2D eigenvalue weighted by atomic mass is 16.2. The average molecular weight is 362 g/mol. The molecule has 0 bridgehead atoms. The van der Waals surface area contributed by atoms with Crippen molar-refractivity contribution in [1.82, 2.24) is 19.7 Å². The van der Waals surface area contributed by atoms with Crippen molar-refractivity contribution in [3.63, 3.8) is 0 Å². The van der Waals surface area contributed by atoms with Gasteiger partial charge in [-0.3, -0.25) is 9.48 Å². The first-order valence-corrected chi connectivity index (χ1v) is 9.74. The summed E-state index contributed by atoms with van der Waals surface area (Å²) < 4.78 is 1.76. The van der Waals surface area contributed by atoms with Crippen LogP contribution < -0.4 is 0 Å². The van der Waals surface area contributed by atoms with Gasteiger partial charge in [0.2, 0.25) is 0 Å². The number of fused-ring (bicyclic) bond motifs is 1. The van der Waals surface area contributed by atoms with Gasteiger partial charge in [0.25, 0.3) is 5.91 Å². The molecule has 5 nitrogen and oxygen atoms in total. The molecule has 1 aliphatic rings. The summed E-state index contributed by atoms with van der Waals surface area (Å²) in [7, 11) is 1.89. The molecule has 3 aromatic rings. The van der Waals surface area contributed by atoms with E-state index in [1.165, 1.54) is 18.4 Å². The van der Waals surface area contributed by atoms with E-state index in [0.717, 1.165) is 59.2 Å². The Balaban J connectivity index is 1.89. The van der Waals surface area contributed by atoms with Crippen molar-refractivity contribution in [2.75, 3.05) is 13.1 Å². The van der Waals surface area contributed by atoms with Crippen LogP contribution in [0.2, 0.25) is 0 Å². The van der Waals surface area contributed by atoms with Gasteiger partial charge >= 0.3 is 0 Å². The van der Waals surface area contributed by atoms with Crippen LogP contribution in [-0.2, 0) is 7.05 Å². The van der Waals surface area contributed by atoms with Crippen LogP contribution in [0.1, 0.15) is 47.2 Å². The number of hydrogen-bond donors (Lipinski definition) is 0. The topological polar surface area (TPSA) is 51.0 Å². The van der Waals surface area contributed by atoms with Crippen molar-refractivity contribution in [2.24, 2.45) is 7.05 Å². The summed E-state index contributed by atoms with van der Waals surface area (Å²) in [6, 6.07) is 6.08. The molecule has 0 saturated carbocycles. The minimum Gasteiger partial charge on any atom is -0.339 e. The second-order valence-electron chi connectivity index (χ2n) is 7.57. The molecule has 1 amide bonds. The Kier molecular flexibility index (Phi) is 4.68. The molecule has 2 aromatic heterocycles. The summed E-state index contributed by atoms with van der Waals surface area (Å²) in [5, 5.41) is 5.22. The fourth-order valence-corrected chi connectivity index (χ4v) is 3.85. The Morgan fingerprint density at radius 2 is 1.81 bits per heavy atom. The quantitative estimate of drug-likeness (QED) is 0.684. The number of nitrogens with zero attached hydrogens (tertiary/aromatic N) is 4. The number of likely N-dealkylation sites (tertiary alicyclic amines) is 1. The van der Waals surface area contributed by atoms with Crippen molar-refractivity contribution in [3.8, 4) is 11.3 Å². The molecule has 1 aliphatic heterocycles. The predicted molar refractivity (Wildman–Crippen MR) is 108 cm³/mol. The van der Waals surface area contributed by atoms with Gasteiger partial charge in [0.15, 0.2) is 0 Å². The third-order valence-electron chi connectivity index (χ3n) is 5.63. The van der Waals surface area contributed by atoms with Crippen molar-refractivity contribution < 1.29 is 4.79 Å². The SMILES string of the molecule is Cc1ccc2c(C(=O)N3CCCCCC3)cc(-c3cnn(C)c3)nc2c1C. The maximum Gasteiger partial charge on any atom is 0.254 e. The highest BCUT2D eigenvalue weighted by molar-refractivity contribution is 6.08. The Morgan fingerprint density at radius 1 is 1.07 bits per heavy atom. The molecule has 1 saturated heterocycles. The number of rotatable bonds is 2. The Labute approximate surface area is 160 Å². The average Bonchev–Trinajstić information content (AvgIpc) is 2.93. The van der Waals surface area contributed by atoms with Crippen LogP contribution in [0.5, 0.6) is 0 Å². The molecule has 5 heteroatoms. The Hall–Kier alpha value is -2.69. The van der Waals surface area contributed by atoms with E-state index in [0.29, 0.717) is 0 Å². The van der Waals surface area contributed by atoms with Gasteiger partial charge in [0.1, 0.15) is 0 Å². The molecule has 0 unspecified atom stereocenters. The number of carbonyl (C=O) groups is 1. The van der Waals surface area contributed by atoms with Crippen LogP contribution in [0.25, 0.3) is 22.2 Å². The summed E-state index contributed by atoms with van der Waals surface area (Å²) in [4.78, 5) is 20.3.